The van der Waals surface area contributed by atoms with Gasteiger partial charge in [0, 0.05) is 5.56 Å². The van der Waals surface area contributed by atoms with Gasteiger partial charge in [-0.3, -0.25) is 5.10 Å². The summed E-state index contributed by atoms with van der Waals surface area (Å²) < 4.78 is 0. The Balaban J connectivity index is 2.57. The smallest absolute Gasteiger partial charge is 0.153 e. The Morgan fingerprint density at radius 1 is 1.38 bits per heavy atom. The summed E-state index contributed by atoms with van der Waals surface area (Å²) in [6.07, 6.45) is 0. The van der Waals surface area contributed by atoms with Crippen LogP contribution in [0.1, 0.15) is 18.5 Å². The summed E-state index contributed by atoms with van der Waals surface area (Å²) in [6.45, 7) is 1.82. The molecule has 1 heterocycles. The van der Waals surface area contributed by atoms with E-state index in [0.29, 0.717) is 5.82 Å². The Kier molecular flexibility index (Phi) is 2.61. The standard InChI is InChI=1S/C12H12N4/c1-8(7-13)11-10(12(14)16-15-11)9-5-3-2-4-6-9/h2-6,8H,1H3,(H3,14,15,16). The Morgan fingerprint density at radius 2 is 2.06 bits per heavy atom. The second kappa shape index (κ2) is 4.07. The molecule has 1 unspecified atom stereocenters. The normalized spacial score (nSPS) is 12.0. The van der Waals surface area contributed by atoms with Gasteiger partial charge in [0.05, 0.1) is 17.7 Å². The maximum absolute atomic E-state index is 8.93. The average Bonchev–Trinajstić information content (AvgIpc) is 2.71. The summed E-state index contributed by atoms with van der Waals surface area (Å²) in [4.78, 5) is 0. The molecule has 1 aromatic carbocycles. The molecule has 1 aromatic heterocycles. The molecule has 0 aliphatic heterocycles. The van der Waals surface area contributed by atoms with Gasteiger partial charge >= 0.3 is 0 Å². The molecule has 2 rings (SSSR count). The first-order valence-electron chi connectivity index (χ1n) is 5.02. The van der Waals surface area contributed by atoms with E-state index in [1.165, 1.54) is 0 Å². The van der Waals surface area contributed by atoms with Gasteiger partial charge in [0.25, 0.3) is 0 Å². The first kappa shape index (κ1) is 10.2. The lowest BCUT2D eigenvalue weighted by Crippen LogP contribution is -1.94. The largest absolute Gasteiger partial charge is 0.382 e. The summed E-state index contributed by atoms with van der Waals surface area (Å²) in [5.41, 5.74) is 8.39. The SMILES string of the molecule is CC(C#N)c1[nH]nc(N)c1-c1ccccc1. The van der Waals surface area contributed by atoms with Crippen molar-refractivity contribution in [1.29, 1.82) is 5.26 Å². The summed E-state index contributed by atoms with van der Waals surface area (Å²) in [6, 6.07) is 11.9. The van der Waals surface area contributed by atoms with Crippen LogP contribution in [0, 0.1) is 11.3 Å². The minimum absolute atomic E-state index is 0.250. The van der Waals surface area contributed by atoms with Gasteiger partial charge in [0.15, 0.2) is 5.82 Å². The highest BCUT2D eigenvalue weighted by atomic mass is 15.2. The Hall–Kier alpha value is -2.28. The van der Waals surface area contributed by atoms with Crippen LogP contribution in [-0.4, -0.2) is 10.2 Å². The van der Waals surface area contributed by atoms with Crippen LogP contribution in [0.25, 0.3) is 11.1 Å². The van der Waals surface area contributed by atoms with Crippen LogP contribution < -0.4 is 5.73 Å². The van der Waals surface area contributed by atoms with Gasteiger partial charge in [0.2, 0.25) is 0 Å². The van der Waals surface area contributed by atoms with E-state index in [4.69, 9.17) is 11.0 Å². The second-order valence-electron chi connectivity index (χ2n) is 3.61. The van der Waals surface area contributed by atoms with E-state index in [1.54, 1.807) is 0 Å². The van der Waals surface area contributed by atoms with Crippen molar-refractivity contribution in [3.8, 4) is 17.2 Å². The number of nitrogens with one attached hydrogen (secondary N) is 1. The number of anilines is 1. The van der Waals surface area contributed by atoms with E-state index in [-0.39, 0.29) is 5.92 Å². The highest BCUT2D eigenvalue weighted by Crippen LogP contribution is 2.31. The maximum Gasteiger partial charge on any atom is 0.153 e. The molecule has 0 spiro atoms. The summed E-state index contributed by atoms with van der Waals surface area (Å²) in [5.74, 6) is 0.184. The van der Waals surface area contributed by atoms with Crippen LogP contribution in [-0.2, 0) is 0 Å². The molecular formula is C12H12N4. The van der Waals surface area contributed by atoms with Crippen molar-refractivity contribution in [2.75, 3.05) is 5.73 Å². The first-order chi connectivity index (χ1) is 7.74. The highest BCUT2D eigenvalue weighted by molar-refractivity contribution is 5.76. The van der Waals surface area contributed by atoms with Crippen molar-refractivity contribution in [2.24, 2.45) is 0 Å². The molecule has 1 atom stereocenters. The van der Waals surface area contributed by atoms with Gasteiger partial charge in [-0.1, -0.05) is 30.3 Å². The van der Waals surface area contributed by atoms with Crippen molar-refractivity contribution in [1.82, 2.24) is 10.2 Å². The average molecular weight is 212 g/mol. The van der Waals surface area contributed by atoms with Crippen LogP contribution in [0.3, 0.4) is 0 Å². The molecule has 0 aliphatic carbocycles. The fourth-order valence-corrected chi connectivity index (χ4v) is 1.66. The minimum atomic E-state index is -0.250. The third-order valence-corrected chi connectivity index (χ3v) is 2.51. The fraction of sp³-hybridized carbons (Fsp3) is 0.167. The molecule has 0 saturated heterocycles. The Labute approximate surface area is 93.7 Å². The van der Waals surface area contributed by atoms with E-state index in [0.717, 1.165) is 16.8 Å². The van der Waals surface area contributed by atoms with Crippen LogP contribution in [0.5, 0.6) is 0 Å². The predicted molar refractivity (Wildman–Crippen MR) is 62.5 cm³/mol. The number of aromatic amines is 1. The minimum Gasteiger partial charge on any atom is -0.382 e. The zero-order valence-corrected chi connectivity index (χ0v) is 8.94. The van der Waals surface area contributed by atoms with Crippen LogP contribution >= 0.6 is 0 Å². The number of hydrogen-bond donors (Lipinski definition) is 2. The van der Waals surface area contributed by atoms with Gasteiger partial charge in [-0.2, -0.15) is 10.4 Å². The van der Waals surface area contributed by atoms with Crippen LogP contribution in [0.4, 0.5) is 5.82 Å². The molecule has 0 radical (unpaired) electrons. The lowest BCUT2D eigenvalue weighted by Gasteiger charge is -2.05. The van der Waals surface area contributed by atoms with E-state index in [9.17, 15) is 0 Å². The van der Waals surface area contributed by atoms with E-state index in [1.807, 2.05) is 37.3 Å². The maximum atomic E-state index is 8.93. The molecule has 0 amide bonds. The van der Waals surface area contributed by atoms with Crippen molar-refractivity contribution in [3.63, 3.8) is 0 Å². The molecule has 4 heteroatoms. The molecular weight excluding hydrogens is 200 g/mol. The molecule has 4 nitrogen and oxygen atoms in total. The number of nitrogens with zero attached hydrogens (tertiary/aromatic N) is 2. The number of nitriles is 1. The van der Waals surface area contributed by atoms with Crippen molar-refractivity contribution in [3.05, 3.63) is 36.0 Å². The Morgan fingerprint density at radius 3 is 2.69 bits per heavy atom. The van der Waals surface area contributed by atoms with Gasteiger partial charge in [0.1, 0.15) is 0 Å². The topological polar surface area (TPSA) is 78.5 Å². The molecule has 0 fully saturated rings. The first-order valence-corrected chi connectivity index (χ1v) is 5.02. The number of nitrogens with two attached hydrogens (primary N) is 1. The van der Waals surface area contributed by atoms with E-state index in [2.05, 4.69) is 16.3 Å². The number of rotatable bonds is 2. The molecule has 0 aliphatic rings. The van der Waals surface area contributed by atoms with Crippen molar-refractivity contribution >= 4 is 5.82 Å². The lowest BCUT2D eigenvalue weighted by atomic mass is 9.99. The Bertz CT molecular complexity index is 522. The molecule has 2 aromatic rings. The second-order valence-corrected chi connectivity index (χ2v) is 3.61. The number of benzene rings is 1. The van der Waals surface area contributed by atoms with E-state index >= 15 is 0 Å². The monoisotopic (exact) mass is 212 g/mol. The summed E-state index contributed by atoms with van der Waals surface area (Å²) in [7, 11) is 0. The lowest BCUT2D eigenvalue weighted by molar-refractivity contribution is 0.896. The highest BCUT2D eigenvalue weighted by Gasteiger charge is 2.17. The van der Waals surface area contributed by atoms with Crippen LogP contribution in [0.2, 0.25) is 0 Å². The number of hydrogen-bond acceptors (Lipinski definition) is 3. The van der Waals surface area contributed by atoms with Crippen molar-refractivity contribution < 1.29 is 0 Å². The number of aromatic nitrogens is 2. The third kappa shape index (κ3) is 1.63. The van der Waals surface area contributed by atoms with Crippen molar-refractivity contribution in [2.45, 2.75) is 12.8 Å². The number of H-pyrrole nitrogens is 1. The summed E-state index contributed by atoms with van der Waals surface area (Å²) in [5, 5.41) is 15.7. The molecule has 80 valence electrons. The fourth-order valence-electron chi connectivity index (χ4n) is 1.66. The zero-order chi connectivity index (χ0) is 11.5. The van der Waals surface area contributed by atoms with Gasteiger partial charge in [-0.15, -0.1) is 0 Å². The molecule has 3 N–H and O–H groups in total. The number of nitrogen functional groups attached to an aromatic ring is 1. The molecule has 16 heavy (non-hydrogen) atoms. The quantitative estimate of drug-likeness (QED) is 0.801. The molecule has 0 saturated carbocycles. The molecule has 0 bridgehead atoms. The van der Waals surface area contributed by atoms with E-state index < -0.39 is 0 Å². The van der Waals surface area contributed by atoms with Gasteiger partial charge in [-0.05, 0) is 12.5 Å². The van der Waals surface area contributed by atoms with Crippen LogP contribution in [0.15, 0.2) is 30.3 Å². The zero-order valence-electron chi connectivity index (χ0n) is 8.94. The summed E-state index contributed by atoms with van der Waals surface area (Å²) >= 11 is 0. The third-order valence-electron chi connectivity index (χ3n) is 2.51. The van der Waals surface area contributed by atoms with Gasteiger partial charge < -0.3 is 5.73 Å². The predicted octanol–water partition coefficient (Wildman–Crippen LogP) is 2.29. The van der Waals surface area contributed by atoms with Gasteiger partial charge in [-0.25, -0.2) is 0 Å².